The van der Waals surface area contributed by atoms with Gasteiger partial charge in [-0.3, -0.25) is 9.52 Å². The van der Waals surface area contributed by atoms with Crippen molar-refractivity contribution < 1.29 is 22.0 Å². The van der Waals surface area contributed by atoms with Gasteiger partial charge in [0.15, 0.2) is 0 Å². The second-order valence-electron chi connectivity index (χ2n) is 6.28. The number of hydrogen-bond donors (Lipinski definition) is 3. The van der Waals surface area contributed by atoms with Crippen molar-refractivity contribution in [2.45, 2.75) is 11.4 Å². The lowest BCUT2D eigenvalue weighted by Crippen LogP contribution is -2.18. The maximum atomic E-state index is 13.3. The summed E-state index contributed by atoms with van der Waals surface area (Å²) in [4.78, 5) is 15.6. The second-order valence-corrected chi connectivity index (χ2v) is 7.96. The Balaban J connectivity index is 1.68. The first kappa shape index (κ1) is 21.2. The highest BCUT2D eigenvalue weighted by Gasteiger charge is 2.16. The fourth-order valence-corrected chi connectivity index (χ4v) is 3.61. The van der Waals surface area contributed by atoms with Crippen molar-refractivity contribution in [1.82, 2.24) is 10.3 Å². The van der Waals surface area contributed by atoms with Crippen LogP contribution in [0.2, 0.25) is 0 Å². The Morgan fingerprint density at radius 2 is 1.77 bits per heavy atom. The molecule has 0 unspecified atom stereocenters. The third kappa shape index (κ3) is 5.29. The molecular weight excluding hydrogens is 414 g/mol. The van der Waals surface area contributed by atoms with Crippen molar-refractivity contribution in [1.29, 1.82) is 0 Å². The van der Waals surface area contributed by atoms with Crippen LogP contribution in [0.1, 0.15) is 15.9 Å². The average molecular weight is 432 g/mol. The van der Waals surface area contributed by atoms with E-state index in [1.807, 2.05) is 6.07 Å². The Morgan fingerprint density at radius 1 is 1.03 bits per heavy atom. The van der Waals surface area contributed by atoms with E-state index in [1.54, 1.807) is 25.2 Å². The molecule has 0 saturated heterocycles. The van der Waals surface area contributed by atoms with Crippen LogP contribution in [-0.2, 0) is 16.6 Å². The van der Waals surface area contributed by atoms with Crippen molar-refractivity contribution in [2.24, 2.45) is 0 Å². The monoisotopic (exact) mass is 432 g/mol. The number of sulfonamides is 1. The first-order chi connectivity index (χ1) is 14.3. The van der Waals surface area contributed by atoms with Crippen LogP contribution in [0.5, 0.6) is 0 Å². The number of amides is 1. The van der Waals surface area contributed by atoms with Gasteiger partial charge in [-0.2, -0.15) is 0 Å². The van der Waals surface area contributed by atoms with Gasteiger partial charge in [0, 0.05) is 31.4 Å². The van der Waals surface area contributed by atoms with Crippen LogP contribution in [0, 0.1) is 11.6 Å². The number of hydrogen-bond acceptors (Lipinski definition) is 5. The van der Waals surface area contributed by atoms with Crippen LogP contribution >= 0.6 is 0 Å². The molecule has 3 aromatic rings. The maximum absolute atomic E-state index is 13.3. The largest absolute Gasteiger partial charge is 0.366 e. The lowest BCUT2D eigenvalue weighted by molar-refractivity contribution is 0.0963. The van der Waals surface area contributed by atoms with E-state index in [1.165, 1.54) is 12.1 Å². The first-order valence-electron chi connectivity index (χ1n) is 8.77. The highest BCUT2D eigenvalue weighted by molar-refractivity contribution is 7.92. The number of anilines is 2. The van der Waals surface area contributed by atoms with Crippen molar-refractivity contribution in [3.05, 3.63) is 83.6 Å². The van der Waals surface area contributed by atoms with Gasteiger partial charge in [0.1, 0.15) is 22.3 Å². The van der Waals surface area contributed by atoms with Gasteiger partial charge in [-0.05, 0) is 42.0 Å². The van der Waals surface area contributed by atoms with Gasteiger partial charge in [0.25, 0.3) is 15.9 Å². The maximum Gasteiger partial charge on any atom is 0.263 e. The molecule has 3 rings (SSSR count). The number of nitrogens with zero attached hydrogens (tertiary/aromatic N) is 1. The molecule has 30 heavy (non-hydrogen) atoms. The summed E-state index contributed by atoms with van der Waals surface area (Å²) in [5.41, 5.74) is 1.13. The van der Waals surface area contributed by atoms with Crippen LogP contribution < -0.4 is 15.4 Å². The summed E-state index contributed by atoms with van der Waals surface area (Å²) in [5, 5.41) is 5.58. The molecule has 2 aromatic carbocycles. The molecule has 0 radical (unpaired) electrons. The van der Waals surface area contributed by atoms with E-state index < -0.39 is 21.7 Å². The first-order valence-corrected chi connectivity index (χ1v) is 10.2. The van der Waals surface area contributed by atoms with Gasteiger partial charge in [-0.25, -0.2) is 22.2 Å². The topological polar surface area (TPSA) is 100 Å². The predicted octanol–water partition coefficient (Wildman–Crippen LogP) is 3.13. The van der Waals surface area contributed by atoms with Gasteiger partial charge in [0.05, 0.1) is 5.69 Å². The zero-order valence-corrected chi connectivity index (χ0v) is 16.6. The fourth-order valence-electron chi connectivity index (χ4n) is 2.63. The molecule has 1 heterocycles. The number of aromatic nitrogens is 1. The number of nitrogens with one attached hydrogen (secondary N) is 3. The third-order valence-electron chi connectivity index (χ3n) is 4.05. The molecule has 156 valence electrons. The third-order valence-corrected chi connectivity index (χ3v) is 5.42. The normalized spacial score (nSPS) is 11.0. The molecule has 0 fully saturated rings. The zero-order valence-electron chi connectivity index (χ0n) is 15.8. The molecule has 0 bridgehead atoms. The van der Waals surface area contributed by atoms with E-state index in [0.717, 1.165) is 23.9 Å². The summed E-state index contributed by atoms with van der Waals surface area (Å²) in [6, 6.07) is 12.2. The summed E-state index contributed by atoms with van der Waals surface area (Å²) >= 11 is 0. The van der Waals surface area contributed by atoms with Crippen molar-refractivity contribution >= 4 is 27.4 Å². The van der Waals surface area contributed by atoms with Gasteiger partial charge in [0.2, 0.25) is 0 Å². The summed E-state index contributed by atoms with van der Waals surface area (Å²) in [7, 11) is -2.52. The van der Waals surface area contributed by atoms with Gasteiger partial charge < -0.3 is 10.6 Å². The minimum atomic E-state index is -4.07. The summed E-state index contributed by atoms with van der Waals surface area (Å²) < 4.78 is 53.4. The quantitative estimate of drug-likeness (QED) is 0.533. The highest BCUT2D eigenvalue weighted by atomic mass is 32.2. The van der Waals surface area contributed by atoms with Crippen LogP contribution in [0.25, 0.3) is 0 Å². The molecule has 1 aromatic heterocycles. The summed E-state index contributed by atoms with van der Waals surface area (Å²) in [6.45, 7) is 0.366. The molecule has 0 aliphatic rings. The van der Waals surface area contributed by atoms with Crippen molar-refractivity contribution in [2.75, 3.05) is 17.1 Å². The molecule has 0 aliphatic carbocycles. The molecule has 1 amide bonds. The van der Waals surface area contributed by atoms with E-state index in [4.69, 9.17) is 0 Å². The Kier molecular flexibility index (Phi) is 6.26. The smallest absolute Gasteiger partial charge is 0.263 e. The van der Waals surface area contributed by atoms with Crippen LogP contribution in [-0.4, -0.2) is 26.4 Å². The molecular formula is C20H18F2N4O3S. The fraction of sp³-hybridized carbons (Fsp3) is 0.100. The lowest BCUT2D eigenvalue weighted by atomic mass is 10.1. The molecule has 3 N–H and O–H groups in total. The predicted molar refractivity (Wildman–Crippen MR) is 109 cm³/mol. The number of halogens is 2. The van der Waals surface area contributed by atoms with Gasteiger partial charge >= 0.3 is 0 Å². The minimum Gasteiger partial charge on any atom is -0.366 e. The SMILES string of the molecule is CNC(=O)c1cccc(CNc2ccc(S(=O)(=O)Nc3cc(F)cc(F)c3)cn2)c1. The van der Waals surface area contributed by atoms with E-state index in [0.29, 0.717) is 24.0 Å². The Hall–Kier alpha value is -3.53. The molecule has 0 aliphatic heterocycles. The van der Waals surface area contributed by atoms with E-state index in [-0.39, 0.29) is 16.5 Å². The number of pyridine rings is 1. The molecule has 0 atom stereocenters. The zero-order chi connectivity index (χ0) is 21.7. The highest BCUT2D eigenvalue weighted by Crippen LogP contribution is 2.19. The molecule has 7 nitrogen and oxygen atoms in total. The second kappa shape index (κ2) is 8.87. The number of carbonyl (C=O) groups is 1. The van der Waals surface area contributed by atoms with E-state index in [2.05, 4.69) is 20.3 Å². The number of carbonyl (C=O) groups excluding carboxylic acids is 1. The summed E-state index contributed by atoms with van der Waals surface area (Å²) in [6.07, 6.45) is 1.13. The minimum absolute atomic E-state index is 0.167. The molecule has 0 saturated carbocycles. The Labute approximate surface area is 172 Å². The van der Waals surface area contributed by atoms with Gasteiger partial charge in [-0.1, -0.05) is 12.1 Å². The van der Waals surface area contributed by atoms with Crippen LogP contribution in [0.4, 0.5) is 20.3 Å². The van der Waals surface area contributed by atoms with Crippen LogP contribution in [0.15, 0.2) is 65.7 Å². The number of benzene rings is 2. The van der Waals surface area contributed by atoms with E-state index in [9.17, 15) is 22.0 Å². The Bertz CT molecular complexity index is 1150. The molecule has 10 heteroatoms. The standard InChI is InChI=1S/C20H18F2N4O3S/c1-23-20(27)14-4-2-3-13(7-14)11-24-19-6-5-18(12-25-19)30(28,29)26-17-9-15(21)8-16(22)10-17/h2-10,12,26H,11H2,1H3,(H,23,27)(H,24,25). The van der Waals surface area contributed by atoms with E-state index >= 15 is 0 Å². The van der Waals surface area contributed by atoms with Crippen molar-refractivity contribution in [3.63, 3.8) is 0 Å². The summed E-state index contributed by atoms with van der Waals surface area (Å²) in [5.74, 6) is -1.58. The van der Waals surface area contributed by atoms with Crippen LogP contribution in [0.3, 0.4) is 0 Å². The number of rotatable bonds is 7. The van der Waals surface area contributed by atoms with Crippen molar-refractivity contribution in [3.8, 4) is 0 Å². The lowest BCUT2D eigenvalue weighted by Gasteiger charge is -2.10. The molecule has 0 spiro atoms. The van der Waals surface area contributed by atoms with Gasteiger partial charge in [-0.15, -0.1) is 0 Å². The average Bonchev–Trinajstić information content (AvgIpc) is 2.71. The Morgan fingerprint density at radius 3 is 2.40 bits per heavy atom.